The molecule has 1 saturated carbocycles. The van der Waals surface area contributed by atoms with E-state index in [1.165, 1.54) is 43.9 Å². The molecule has 1 fully saturated rings. The van der Waals surface area contributed by atoms with Crippen LogP contribution in [0.3, 0.4) is 0 Å². The van der Waals surface area contributed by atoms with E-state index in [0.29, 0.717) is 37.5 Å². The summed E-state index contributed by atoms with van der Waals surface area (Å²) in [4.78, 5) is 35.4. The topological polar surface area (TPSA) is 89.8 Å². The Bertz CT molecular complexity index is 639. The van der Waals surface area contributed by atoms with Crippen molar-refractivity contribution in [3.05, 3.63) is 33.9 Å². The number of nitrogens with zero attached hydrogens (tertiary/aromatic N) is 2. The lowest BCUT2D eigenvalue weighted by atomic mass is 10.1. The van der Waals surface area contributed by atoms with E-state index in [1.54, 1.807) is 0 Å². The lowest BCUT2D eigenvalue weighted by molar-refractivity contribution is -0.385. The second kappa shape index (κ2) is 9.89. The Labute approximate surface area is 153 Å². The summed E-state index contributed by atoms with van der Waals surface area (Å²) in [7, 11) is 1.88. The Morgan fingerprint density at radius 3 is 2.62 bits per heavy atom. The molecule has 1 aliphatic carbocycles. The van der Waals surface area contributed by atoms with Crippen LogP contribution in [0.15, 0.2) is 18.2 Å². The Morgan fingerprint density at radius 2 is 2.00 bits per heavy atom. The van der Waals surface area contributed by atoms with Crippen molar-refractivity contribution in [2.75, 3.05) is 13.7 Å². The summed E-state index contributed by atoms with van der Waals surface area (Å²) in [6.45, 7) is 0.320. The van der Waals surface area contributed by atoms with Gasteiger partial charge in [-0.2, -0.15) is 0 Å². The first kappa shape index (κ1) is 19.9. The molecule has 1 aromatic carbocycles. The number of carbonyl (C=O) groups is 2. The molecule has 0 bridgehead atoms. The second-order valence-corrected chi connectivity index (χ2v) is 6.70. The van der Waals surface area contributed by atoms with Crippen LogP contribution < -0.4 is 4.74 Å². The van der Waals surface area contributed by atoms with Crippen molar-refractivity contribution in [2.45, 2.75) is 57.4 Å². The van der Waals surface area contributed by atoms with Gasteiger partial charge in [0.1, 0.15) is 5.75 Å². The van der Waals surface area contributed by atoms with Gasteiger partial charge in [-0.1, -0.05) is 25.7 Å². The number of nitro groups is 1. The zero-order valence-corrected chi connectivity index (χ0v) is 15.2. The molecule has 1 amide bonds. The number of hydrogen-bond acceptors (Lipinski definition) is 5. The lowest BCUT2D eigenvalue weighted by Crippen LogP contribution is -2.36. The van der Waals surface area contributed by atoms with Crippen molar-refractivity contribution in [1.29, 1.82) is 0 Å². The first-order valence-electron chi connectivity index (χ1n) is 9.15. The molecular formula is C19H26N2O5. The van der Waals surface area contributed by atoms with E-state index in [2.05, 4.69) is 0 Å². The van der Waals surface area contributed by atoms with Crippen LogP contribution in [0.2, 0.25) is 0 Å². The molecular weight excluding hydrogens is 336 g/mol. The minimum Gasteiger partial charge on any atom is -0.494 e. The summed E-state index contributed by atoms with van der Waals surface area (Å²) in [6.07, 6.45) is 8.44. The number of rotatable bonds is 8. The van der Waals surface area contributed by atoms with Crippen molar-refractivity contribution in [1.82, 2.24) is 4.90 Å². The van der Waals surface area contributed by atoms with Gasteiger partial charge >= 0.3 is 0 Å². The first-order valence-corrected chi connectivity index (χ1v) is 9.15. The maximum Gasteiger partial charge on any atom is 0.280 e. The fourth-order valence-corrected chi connectivity index (χ4v) is 3.32. The molecule has 0 unspecified atom stereocenters. The third-order valence-electron chi connectivity index (χ3n) is 4.89. The molecule has 7 heteroatoms. The molecule has 26 heavy (non-hydrogen) atoms. The molecule has 1 aliphatic rings. The third kappa shape index (κ3) is 5.54. The largest absolute Gasteiger partial charge is 0.494 e. The van der Waals surface area contributed by atoms with Crippen LogP contribution in [0.1, 0.15) is 61.7 Å². The Kier molecular flexibility index (Phi) is 7.56. The molecule has 0 radical (unpaired) electrons. The minimum atomic E-state index is -0.602. The molecule has 142 valence electrons. The third-order valence-corrected chi connectivity index (χ3v) is 4.89. The van der Waals surface area contributed by atoms with E-state index < -0.39 is 4.92 Å². The van der Waals surface area contributed by atoms with Crippen molar-refractivity contribution < 1.29 is 19.2 Å². The van der Waals surface area contributed by atoms with Gasteiger partial charge in [-0.05, 0) is 31.4 Å². The first-order chi connectivity index (χ1) is 12.5. The van der Waals surface area contributed by atoms with Crippen LogP contribution in [0.4, 0.5) is 5.69 Å². The minimum absolute atomic E-state index is 0.0170. The van der Waals surface area contributed by atoms with Crippen LogP contribution in [0.25, 0.3) is 0 Å². The van der Waals surface area contributed by atoms with Crippen molar-refractivity contribution >= 4 is 17.9 Å². The molecule has 0 heterocycles. The molecule has 7 nitrogen and oxygen atoms in total. The Morgan fingerprint density at radius 1 is 1.31 bits per heavy atom. The van der Waals surface area contributed by atoms with Crippen LogP contribution >= 0.6 is 0 Å². The number of aldehydes is 1. The maximum atomic E-state index is 12.3. The van der Waals surface area contributed by atoms with E-state index in [-0.39, 0.29) is 17.2 Å². The molecule has 0 atom stereocenters. The fraction of sp³-hybridized carbons (Fsp3) is 0.579. The van der Waals surface area contributed by atoms with E-state index in [1.807, 2.05) is 11.9 Å². The summed E-state index contributed by atoms with van der Waals surface area (Å²) in [5, 5.41) is 10.8. The van der Waals surface area contributed by atoms with Gasteiger partial charge in [0.25, 0.3) is 5.69 Å². The molecule has 1 aromatic rings. The number of carbonyl (C=O) groups excluding carboxylic acids is 2. The summed E-state index contributed by atoms with van der Waals surface area (Å²) in [5.74, 6) is 0.514. The zero-order chi connectivity index (χ0) is 18.9. The molecule has 0 aromatic heterocycles. The van der Waals surface area contributed by atoms with Crippen LogP contribution in [0.5, 0.6) is 5.75 Å². The van der Waals surface area contributed by atoms with Gasteiger partial charge in [-0.15, -0.1) is 0 Å². The Balaban J connectivity index is 1.78. The molecule has 0 spiro atoms. The highest BCUT2D eigenvalue weighted by Gasteiger charge is 2.20. The van der Waals surface area contributed by atoms with Gasteiger partial charge in [0.2, 0.25) is 5.91 Å². The summed E-state index contributed by atoms with van der Waals surface area (Å²) in [6, 6.07) is 4.41. The van der Waals surface area contributed by atoms with Gasteiger partial charge in [0.15, 0.2) is 6.29 Å². The average molecular weight is 362 g/mol. The van der Waals surface area contributed by atoms with Gasteiger partial charge in [-0.25, -0.2) is 0 Å². The van der Waals surface area contributed by atoms with E-state index >= 15 is 0 Å². The number of hydrogen-bond donors (Lipinski definition) is 0. The smallest absolute Gasteiger partial charge is 0.280 e. The predicted octanol–water partition coefficient (Wildman–Crippen LogP) is 3.75. The van der Waals surface area contributed by atoms with Crippen molar-refractivity contribution in [3.8, 4) is 5.75 Å². The molecule has 0 saturated heterocycles. The summed E-state index contributed by atoms with van der Waals surface area (Å²) < 4.78 is 5.53. The second-order valence-electron chi connectivity index (χ2n) is 6.70. The highest BCUT2D eigenvalue weighted by Crippen LogP contribution is 2.23. The lowest BCUT2D eigenvalue weighted by Gasteiger charge is -2.27. The number of nitro benzene ring substituents is 1. The van der Waals surface area contributed by atoms with E-state index in [9.17, 15) is 19.7 Å². The van der Waals surface area contributed by atoms with Crippen molar-refractivity contribution in [3.63, 3.8) is 0 Å². The van der Waals surface area contributed by atoms with Gasteiger partial charge < -0.3 is 9.64 Å². The maximum absolute atomic E-state index is 12.3. The standard InChI is InChI=1S/C19H26N2O5/c1-20(16-7-4-2-3-5-8-16)19(23)9-6-12-26-17-10-11-18(21(24)25)15(13-17)14-22/h10-11,13-14,16H,2-9,12H2,1H3. The highest BCUT2D eigenvalue weighted by atomic mass is 16.6. The molecule has 2 rings (SSSR count). The Hall–Kier alpha value is -2.44. The zero-order valence-electron chi connectivity index (χ0n) is 15.2. The average Bonchev–Trinajstić information content (AvgIpc) is 2.93. The van der Waals surface area contributed by atoms with Crippen LogP contribution in [-0.2, 0) is 4.79 Å². The predicted molar refractivity (Wildman–Crippen MR) is 97.5 cm³/mol. The molecule has 0 aliphatic heterocycles. The normalized spacial score (nSPS) is 15.1. The van der Waals surface area contributed by atoms with E-state index in [4.69, 9.17) is 4.74 Å². The summed E-state index contributed by atoms with van der Waals surface area (Å²) in [5.41, 5.74) is -0.260. The van der Waals surface area contributed by atoms with Gasteiger partial charge in [-0.3, -0.25) is 19.7 Å². The number of benzene rings is 1. The SMILES string of the molecule is CN(C(=O)CCCOc1ccc([N+](=O)[O-])c(C=O)c1)C1CCCCCC1. The monoisotopic (exact) mass is 362 g/mol. The van der Waals surface area contributed by atoms with Gasteiger partial charge in [0, 0.05) is 25.6 Å². The van der Waals surface area contributed by atoms with Crippen LogP contribution in [-0.4, -0.2) is 41.7 Å². The summed E-state index contributed by atoms with van der Waals surface area (Å²) >= 11 is 0. The fourth-order valence-electron chi connectivity index (χ4n) is 3.32. The highest BCUT2D eigenvalue weighted by molar-refractivity contribution is 5.82. The number of ether oxygens (including phenoxy) is 1. The molecule has 0 N–H and O–H groups in total. The van der Waals surface area contributed by atoms with Gasteiger partial charge in [0.05, 0.1) is 17.1 Å². The van der Waals surface area contributed by atoms with Crippen molar-refractivity contribution in [2.24, 2.45) is 0 Å². The van der Waals surface area contributed by atoms with E-state index in [0.717, 1.165) is 12.8 Å². The van der Waals surface area contributed by atoms with Crippen LogP contribution in [0, 0.1) is 10.1 Å². The quantitative estimate of drug-likeness (QED) is 0.231. The number of amides is 1.